The zero-order valence-electron chi connectivity index (χ0n) is 20.1. The molecule has 1 N–H and O–H groups in total. The van der Waals surface area contributed by atoms with E-state index in [1.165, 1.54) is 49.9 Å². The Morgan fingerprint density at radius 1 is 1.03 bits per heavy atom. The van der Waals surface area contributed by atoms with Crippen molar-refractivity contribution in [2.45, 2.75) is 69.7 Å². The van der Waals surface area contributed by atoms with Crippen LogP contribution in [-0.2, 0) is 0 Å². The Morgan fingerprint density at radius 2 is 1.79 bits per heavy atom. The van der Waals surface area contributed by atoms with Crippen LogP contribution in [0.3, 0.4) is 0 Å². The summed E-state index contributed by atoms with van der Waals surface area (Å²) in [6.07, 6.45) is 10.9. The highest BCUT2D eigenvalue weighted by Gasteiger charge is 2.27. The number of hydrogen-bond acceptors (Lipinski definition) is 5. The molecule has 1 saturated carbocycles. The van der Waals surface area contributed by atoms with Crippen molar-refractivity contribution in [3.8, 4) is 11.5 Å². The predicted molar refractivity (Wildman–Crippen MR) is 140 cm³/mol. The molecule has 1 aromatic heterocycles. The van der Waals surface area contributed by atoms with Gasteiger partial charge in [-0.25, -0.2) is 0 Å². The van der Waals surface area contributed by atoms with Crippen molar-refractivity contribution in [1.82, 2.24) is 4.90 Å². The second kappa shape index (κ2) is 10.5. The number of carbonyl (C=O) groups excluding carboxylic acids is 1. The van der Waals surface area contributed by atoms with E-state index in [1.54, 1.807) is 23.5 Å². The molecular formula is C29H35NO3S. The minimum absolute atomic E-state index is 0.0768. The standard InChI is InChI=1S/C29H35NO3S/c1-30-17-6-5-9-22(30)16-18-33-24-13-10-20(11-14-24)28(32)27-25-15-12-23(31)19-26(25)34-29(27)21-7-3-2-4-8-21/h10-15,19,21-22,31H,2-9,16-18H2,1H3. The molecule has 3 aromatic rings. The molecule has 2 fully saturated rings. The Hall–Kier alpha value is -2.37. The fourth-order valence-electron chi connectivity index (χ4n) is 5.66. The van der Waals surface area contributed by atoms with Gasteiger partial charge in [0.1, 0.15) is 11.5 Å². The molecular weight excluding hydrogens is 442 g/mol. The summed E-state index contributed by atoms with van der Waals surface area (Å²) in [5.41, 5.74) is 1.53. The van der Waals surface area contributed by atoms with E-state index in [1.807, 2.05) is 30.3 Å². The maximum atomic E-state index is 13.7. The number of ketones is 1. The molecule has 34 heavy (non-hydrogen) atoms. The smallest absolute Gasteiger partial charge is 0.194 e. The van der Waals surface area contributed by atoms with Gasteiger partial charge in [0.25, 0.3) is 0 Å². The monoisotopic (exact) mass is 477 g/mol. The lowest BCUT2D eigenvalue weighted by atomic mass is 9.85. The molecule has 2 aromatic carbocycles. The number of nitrogens with zero attached hydrogens (tertiary/aromatic N) is 1. The number of likely N-dealkylation sites (tertiary alicyclic amines) is 1. The van der Waals surface area contributed by atoms with Crippen LogP contribution in [-0.4, -0.2) is 42.0 Å². The average molecular weight is 478 g/mol. The van der Waals surface area contributed by atoms with Gasteiger partial charge >= 0.3 is 0 Å². The molecule has 5 heteroatoms. The SMILES string of the molecule is CN1CCCCC1CCOc1ccc(C(=O)c2c(C3CCCCC3)sc3cc(O)ccc23)cc1. The molecule has 1 aliphatic carbocycles. The average Bonchev–Trinajstić information content (AvgIpc) is 3.24. The number of aromatic hydroxyl groups is 1. The van der Waals surface area contributed by atoms with Crippen LogP contribution in [0, 0.1) is 0 Å². The summed E-state index contributed by atoms with van der Waals surface area (Å²) in [6, 6.07) is 13.7. The molecule has 2 aliphatic rings. The summed E-state index contributed by atoms with van der Waals surface area (Å²) in [4.78, 5) is 17.4. The van der Waals surface area contributed by atoms with Crippen molar-refractivity contribution in [1.29, 1.82) is 0 Å². The summed E-state index contributed by atoms with van der Waals surface area (Å²) in [7, 11) is 2.21. The van der Waals surface area contributed by atoms with Crippen molar-refractivity contribution in [3.05, 3.63) is 58.5 Å². The summed E-state index contributed by atoms with van der Waals surface area (Å²) >= 11 is 1.69. The number of phenols is 1. The molecule has 1 saturated heterocycles. The van der Waals surface area contributed by atoms with Gasteiger partial charge in [-0.1, -0.05) is 25.7 Å². The van der Waals surface area contributed by atoms with Crippen molar-refractivity contribution < 1.29 is 14.6 Å². The molecule has 180 valence electrons. The van der Waals surface area contributed by atoms with Gasteiger partial charge in [-0.2, -0.15) is 0 Å². The van der Waals surface area contributed by atoms with Crippen molar-refractivity contribution in [3.63, 3.8) is 0 Å². The number of hydrogen-bond donors (Lipinski definition) is 1. The first-order valence-electron chi connectivity index (χ1n) is 12.8. The molecule has 0 amide bonds. The van der Waals surface area contributed by atoms with E-state index in [4.69, 9.17) is 4.74 Å². The highest BCUT2D eigenvalue weighted by molar-refractivity contribution is 7.19. The Morgan fingerprint density at radius 3 is 2.56 bits per heavy atom. The molecule has 2 heterocycles. The predicted octanol–water partition coefficient (Wildman–Crippen LogP) is 7.14. The molecule has 0 radical (unpaired) electrons. The van der Waals surface area contributed by atoms with Crippen LogP contribution >= 0.6 is 11.3 Å². The van der Waals surface area contributed by atoms with Gasteiger partial charge in [-0.05, 0) is 94.1 Å². The van der Waals surface area contributed by atoms with E-state index in [9.17, 15) is 9.90 Å². The number of carbonyl (C=O) groups is 1. The zero-order chi connectivity index (χ0) is 23.5. The fraction of sp³-hybridized carbons (Fsp3) is 0.483. The summed E-state index contributed by atoms with van der Waals surface area (Å²) in [5.74, 6) is 1.59. The van der Waals surface area contributed by atoms with Crippen LogP contribution in [0.1, 0.15) is 84.5 Å². The third-order valence-electron chi connectivity index (χ3n) is 7.66. The van der Waals surface area contributed by atoms with E-state index in [0.29, 0.717) is 24.1 Å². The lowest BCUT2D eigenvalue weighted by Gasteiger charge is -2.32. The van der Waals surface area contributed by atoms with Gasteiger partial charge in [-0.3, -0.25) is 4.79 Å². The molecule has 1 unspecified atom stereocenters. The van der Waals surface area contributed by atoms with Gasteiger partial charge in [0.05, 0.1) is 6.61 Å². The van der Waals surface area contributed by atoms with E-state index in [2.05, 4.69) is 11.9 Å². The van der Waals surface area contributed by atoms with Gasteiger partial charge in [0.2, 0.25) is 0 Å². The quantitative estimate of drug-likeness (QED) is 0.368. The maximum absolute atomic E-state index is 13.7. The van der Waals surface area contributed by atoms with Crippen LogP contribution in [0.2, 0.25) is 0 Å². The topological polar surface area (TPSA) is 49.8 Å². The number of ether oxygens (including phenoxy) is 1. The Labute approximate surface area is 206 Å². The summed E-state index contributed by atoms with van der Waals surface area (Å²) in [6.45, 7) is 1.88. The number of benzene rings is 2. The van der Waals surface area contributed by atoms with Crippen molar-refractivity contribution in [2.75, 3.05) is 20.2 Å². The third kappa shape index (κ3) is 5.01. The molecule has 5 rings (SSSR count). The lowest BCUT2D eigenvalue weighted by Crippen LogP contribution is -2.37. The molecule has 1 aliphatic heterocycles. The lowest BCUT2D eigenvalue weighted by molar-refractivity contribution is 0.103. The summed E-state index contributed by atoms with van der Waals surface area (Å²) in [5, 5.41) is 11.0. The Kier molecular flexibility index (Phi) is 7.21. The van der Waals surface area contributed by atoms with Crippen LogP contribution in [0.4, 0.5) is 0 Å². The highest BCUT2D eigenvalue weighted by Crippen LogP contribution is 2.44. The third-order valence-corrected chi connectivity index (χ3v) is 8.98. The first-order chi connectivity index (χ1) is 16.6. The molecule has 0 bridgehead atoms. The molecule has 4 nitrogen and oxygen atoms in total. The highest BCUT2D eigenvalue weighted by atomic mass is 32.1. The van der Waals surface area contributed by atoms with E-state index in [0.717, 1.165) is 40.7 Å². The van der Waals surface area contributed by atoms with Crippen molar-refractivity contribution >= 4 is 27.2 Å². The van der Waals surface area contributed by atoms with Crippen LogP contribution in [0.25, 0.3) is 10.1 Å². The van der Waals surface area contributed by atoms with Crippen LogP contribution < -0.4 is 4.74 Å². The van der Waals surface area contributed by atoms with E-state index >= 15 is 0 Å². The maximum Gasteiger partial charge on any atom is 0.194 e. The zero-order valence-corrected chi connectivity index (χ0v) is 20.9. The largest absolute Gasteiger partial charge is 0.508 e. The van der Waals surface area contributed by atoms with Gasteiger partial charge in [0.15, 0.2) is 5.78 Å². The van der Waals surface area contributed by atoms with Gasteiger partial charge in [0, 0.05) is 32.1 Å². The summed E-state index contributed by atoms with van der Waals surface area (Å²) < 4.78 is 7.02. The minimum atomic E-state index is 0.0768. The van der Waals surface area contributed by atoms with Gasteiger partial charge in [-0.15, -0.1) is 11.3 Å². The number of fused-ring (bicyclic) bond motifs is 1. The second-order valence-electron chi connectivity index (χ2n) is 9.98. The number of phenolic OH excluding ortho intramolecular Hbond substituents is 1. The fourth-order valence-corrected chi connectivity index (χ4v) is 7.06. The Bertz CT molecular complexity index is 1130. The first kappa shape index (κ1) is 23.4. The van der Waals surface area contributed by atoms with E-state index < -0.39 is 0 Å². The second-order valence-corrected chi connectivity index (χ2v) is 11.1. The normalized spacial score (nSPS) is 20.0. The Balaban J connectivity index is 1.33. The van der Waals surface area contributed by atoms with Crippen molar-refractivity contribution in [2.24, 2.45) is 0 Å². The van der Waals surface area contributed by atoms with Gasteiger partial charge < -0.3 is 14.7 Å². The first-order valence-corrected chi connectivity index (χ1v) is 13.6. The molecule has 0 spiro atoms. The number of rotatable bonds is 7. The minimum Gasteiger partial charge on any atom is -0.508 e. The number of piperidine rings is 1. The van der Waals surface area contributed by atoms with E-state index in [-0.39, 0.29) is 11.5 Å². The molecule has 1 atom stereocenters. The number of thiophene rings is 1. The van der Waals surface area contributed by atoms with Crippen LogP contribution in [0.15, 0.2) is 42.5 Å². The van der Waals surface area contributed by atoms with Crippen LogP contribution in [0.5, 0.6) is 11.5 Å².